The summed E-state index contributed by atoms with van der Waals surface area (Å²) in [5, 5.41) is 5.28. The fraction of sp³-hybridized carbons (Fsp3) is 0.812. The van der Waals surface area contributed by atoms with E-state index in [2.05, 4.69) is 10.6 Å². The monoisotopic (exact) mass is 350 g/mol. The van der Waals surface area contributed by atoms with Crippen molar-refractivity contribution in [3.05, 3.63) is 0 Å². The minimum atomic E-state index is -0.267. The molecular weight excluding hydrogens is 316 g/mol. The molecule has 0 atom stereocenters. The first-order valence-electron chi connectivity index (χ1n) is 8.26. The molecule has 8 nitrogen and oxygen atoms in total. The molecule has 144 valence electrons. The third-order valence-corrected chi connectivity index (χ3v) is 2.94. The summed E-state index contributed by atoms with van der Waals surface area (Å²) in [7, 11) is 0. The van der Waals surface area contributed by atoms with E-state index in [9.17, 15) is 14.4 Å². The third-order valence-electron chi connectivity index (χ3n) is 2.94. The summed E-state index contributed by atoms with van der Waals surface area (Å²) in [5.74, 6) is -0.387. The van der Waals surface area contributed by atoms with Crippen LogP contribution in [0.4, 0.5) is 0 Å². The number of ether oxygens (including phenoxy) is 3. The normalized spacial score (nSPS) is 10.7. The first-order chi connectivity index (χ1) is 11.5. The van der Waals surface area contributed by atoms with Crippen LogP contribution in [-0.2, 0) is 28.6 Å². The second kappa shape index (κ2) is 15.0. The lowest BCUT2D eigenvalue weighted by Gasteiger charge is -2.08. The maximum Gasteiger partial charge on any atom is 0.246 e. The van der Waals surface area contributed by atoms with Crippen molar-refractivity contribution >= 4 is 17.6 Å². The van der Waals surface area contributed by atoms with Gasteiger partial charge in [0.1, 0.15) is 13.2 Å². The van der Waals surface area contributed by atoms with Gasteiger partial charge in [0.2, 0.25) is 11.8 Å². The van der Waals surface area contributed by atoms with Crippen molar-refractivity contribution in [2.75, 3.05) is 52.7 Å². The molecule has 0 heterocycles. The number of carbonyl (C=O) groups excluding carboxylic acids is 3. The second-order valence-corrected chi connectivity index (χ2v) is 5.37. The lowest BCUT2D eigenvalue weighted by atomic mass is 10.1. The molecule has 2 N–H and O–H groups in total. The van der Waals surface area contributed by atoms with E-state index in [0.717, 1.165) is 0 Å². The van der Waals surface area contributed by atoms with E-state index >= 15 is 0 Å². The molecule has 0 spiro atoms. The summed E-state index contributed by atoms with van der Waals surface area (Å²) >= 11 is 0. The zero-order valence-corrected chi connectivity index (χ0v) is 14.9. The van der Waals surface area contributed by atoms with E-state index < -0.39 is 0 Å². The van der Waals surface area contributed by atoms with Gasteiger partial charge in [-0.2, -0.15) is 0 Å². The van der Waals surface area contributed by atoms with Crippen molar-refractivity contribution in [1.82, 2.24) is 10.6 Å². The number of amides is 2. The fourth-order valence-corrected chi connectivity index (χ4v) is 1.48. The Kier molecular flexibility index (Phi) is 14.1. The summed E-state index contributed by atoms with van der Waals surface area (Å²) in [6, 6.07) is 0. The maximum atomic E-state index is 11.5. The predicted molar refractivity (Wildman–Crippen MR) is 92.8 cm³/mol. The van der Waals surface area contributed by atoms with Gasteiger partial charge in [0.25, 0.3) is 0 Å². The molecule has 0 aliphatic heterocycles. The highest BCUT2D eigenvalue weighted by Gasteiger charge is 2.07. The predicted octanol–water partition coefficient (Wildman–Crippen LogP) is 0.396. The molecule has 2 amide bonds. The number of Topliss-reactive ketones (excluding diaryl/α,β-unsaturated/α-hetero) is 1. The van der Waals surface area contributed by atoms with Crippen molar-refractivity contribution in [2.45, 2.75) is 27.2 Å². The Morgan fingerprint density at radius 3 is 2.04 bits per heavy atom. The largest absolute Gasteiger partial charge is 0.381 e. The van der Waals surface area contributed by atoms with Crippen LogP contribution < -0.4 is 10.6 Å². The maximum absolute atomic E-state index is 11.5. The van der Waals surface area contributed by atoms with E-state index in [-0.39, 0.29) is 52.8 Å². The van der Waals surface area contributed by atoms with Gasteiger partial charge >= 0.3 is 0 Å². The van der Waals surface area contributed by atoms with Crippen molar-refractivity contribution < 1.29 is 31.4 Å². The van der Waals surface area contributed by atoms with Crippen molar-refractivity contribution in [3.63, 3.8) is 0 Å². The van der Waals surface area contributed by atoms with Crippen LogP contribution in [0, 0.1) is 5.92 Å². The van der Waals surface area contributed by atoms with E-state index in [1.54, 1.807) is 0 Å². The molecular formula is C16H34N2O6. The summed E-state index contributed by atoms with van der Waals surface area (Å²) in [5.41, 5.74) is 0. The van der Waals surface area contributed by atoms with Gasteiger partial charge in [-0.1, -0.05) is 13.8 Å². The second-order valence-electron chi connectivity index (χ2n) is 5.37. The third kappa shape index (κ3) is 14.1. The molecule has 0 bridgehead atoms. The Bertz CT molecular complexity index is 384. The van der Waals surface area contributed by atoms with E-state index in [1.165, 1.54) is 0 Å². The number of nitrogens with one attached hydrogen (secondary N) is 2. The van der Waals surface area contributed by atoms with Gasteiger partial charge in [-0.25, -0.2) is 0 Å². The van der Waals surface area contributed by atoms with Crippen molar-refractivity contribution in [1.29, 1.82) is 0 Å². The van der Waals surface area contributed by atoms with Gasteiger partial charge in [0.15, 0.2) is 5.78 Å². The summed E-state index contributed by atoms with van der Waals surface area (Å²) < 4.78 is 15.4. The van der Waals surface area contributed by atoms with Crippen LogP contribution in [0.2, 0.25) is 0 Å². The number of rotatable bonds is 15. The molecule has 0 radical (unpaired) electrons. The van der Waals surface area contributed by atoms with Crippen LogP contribution in [-0.4, -0.2) is 70.3 Å². The number of hydrogen-bond donors (Lipinski definition) is 2. The van der Waals surface area contributed by atoms with Crippen LogP contribution in [0.3, 0.4) is 0 Å². The topological polar surface area (TPSA) is 103 Å². The lowest BCUT2D eigenvalue weighted by Crippen LogP contribution is -2.33. The van der Waals surface area contributed by atoms with Gasteiger partial charge in [0.05, 0.1) is 19.8 Å². The summed E-state index contributed by atoms with van der Waals surface area (Å²) in [6.07, 6.45) is 0.313. The minimum absolute atomic E-state index is 0. The fourth-order valence-electron chi connectivity index (χ4n) is 1.48. The summed E-state index contributed by atoms with van der Waals surface area (Å²) in [6.45, 7) is 7.66. The highest BCUT2D eigenvalue weighted by molar-refractivity contribution is 5.81. The van der Waals surface area contributed by atoms with E-state index in [1.807, 2.05) is 20.8 Å². The molecule has 0 aromatic heterocycles. The van der Waals surface area contributed by atoms with Crippen LogP contribution in [0.15, 0.2) is 0 Å². The van der Waals surface area contributed by atoms with Crippen LogP contribution in [0.1, 0.15) is 30.0 Å². The Balaban J connectivity index is -0.00000264. The molecule has 0 aromatic rings. The molecule has 0 aromatic carbocycles. The SMILES string of the molecule is CCOCCC(=O)NCCOCC(=O)NCCOCC(=O)C(C)C.[HH].[HH]. The van der Waals surface area contributed by atoms with Gasteiger partial charge in [-0.05, 0) is 6.92 Å². The van der Waals surface area contributed by atoms with Gasteiger partial charge < -0.3 is 24.8 Å². The highest BCUT2D eigenvalue weighted by Crippen LogP contribution is 1.93. The number of ketones is 1. The molecule has 0 aliphatic carbocycles. The van der Waals surface area contributed by atoms with Gasteiger partial charge in [0, 0.05) is 34.9 Å². The zero-order valence-electron chi connectivity index (χ0n) is 14.9. The average molecular weight is 350 g/mol. The van der Waals surface area contributed by atoms with Crippen LogP contribution in [0.5, 0.6) is 0 Å². The smallest absolute Gasteiger partial charge is 0.246 e. The molecule has 0 unspecified atom stereocenters. The van der Waals surface area contributed by atoms with Crippen molar-refractivity contribution in [3.8, 4) is 0 Å². The Hall–Kier alpha value is -1.51. The Morgan fingerprint density at radius 2 is 1.46 bits per heavy atom. The molecule has 0 fully saturated rings. The van der Waals surface area contributed by atoms with E-state index in [4.69, 9.17) is 14.2 Å². The molecule has 8 heteroatoms. The standard InChI is InChI=1S/C16H30N2O6.2H2/c1-4-22-8-5-15(20)17-6-10-24-12-16(21)18-7-9-23-11-14(19)13(2)3;;/h13H,4-12H2,1-3H3,(H,17,20)(H,18,21);2*1H. The average Bonchev–Trinajstić information content (AvgIpc) is 2.54. The quantitative estimate of drug-likeness (QED) is 0.414. The first-order valence-corrected chi connectivity index (χ1v) is 8.26. The first kappa shape index (κ1) is 22.5. The number of carbonyl (C=O) groups is 3. The van der Waals surface area contributed by atoms with E-state index in [0.29, 0.717) is 32.7 Å². The number of hydrogen-bond acceptors (Lipinski definition) is 6. The summed E-state index contributed by atoms with van der Waals surface area (Å²) in [4.78, 5) is 34.1. The highest BCUT2D eigenvalue weighted by atomic mass is 16.5. The zero-order chi connectivity index (χ0) is 18.2. The lowest BCUT2D eigenvalue weighted by molar-refractivity contribution is -0.127. The van der Waals surface area contributed by atoms with Gasteiger partial charge in [-0.3, -0.25) is 14.4 Å². The molecule has 0 rings (SSSR count). The Labute approximate surface area is 146 Å². The minimum Gasteiger partial charge on any atom is -0.381 e. The molecule has 0 saturated carbocycles. The van der Waals surface area contributed by atoms with Crippen LogP contribution in [0.25, 0.3) is 0 Å². The van der Waals surface area contributed by atoms with Crippen molar-refractivity contribution in [2.24, 2.45) is 5.92 Å². The Morgan fingerprint density at radius 1 is 0.875 bits per heavy atom. The molecule has 24 heavy (non-hydrogen) atoms. The molecule has 0 aliphatic rings. The van der Waals surface area contributed by atoms with Gasteiger partial charge in [-0.15, -0.1) is 0 Å². The molecule has 0 saturated heterocycles. The van der Waals surface area contributed by atoms with Crippen LogP contribution >= 0.6 is 0 Å².